The third-order valence-electron chi connectivity index (χ3n) is 3.61. The van der Waals surface area contributed by atoms with Crippen molar-refractivity contribution in [3.8, 4) is 0 Å². The van der Waals surface area contributed by atoms with E-state index in [9.17, 15) is 13.5 Å². The number of hydrogen-bond donors (Lipinski definition) is 2. The van der Waals surface area contributed by atoms with Gasteiger partial charge in [0.1, 0.15) is 4.21 Å². The molecule has 7 heteroatoms. The highest BCUT2D eigenvalue weighted by Crippen LogP contribution is 2.32. The standard InChI is InChI=1S/C12H18ClNO3S2/c1-9-4-6-12(15,7-5-9)8-14-19(16,17)11-3-2-10(13)18-11/h2-3,9,14-15H,4-8H2,1H3. The predicted octanol–water partition coefficient (Wildman–Crippen LogP) is 2.62. The average Bonchev–Trinajstić information content (AvgIpc) is 2.79. The summed E-state index contributed by atoms with van der Waals surface area (Å²) in [5, 5.41) is 10.4. The molecular formula is C12H18ClNO3S2. The minimum Gasteiger partial charge on any atom is -0.389 e. The minimum atomic E-state index is -3.57. The van der Waals surface area contributed by atoms with Crippen molar-refractivity contribution in [2.24, 2.45) is 5.92 Å². The minimum absolute atomic E-state index is 0.0670. The van der Waals surface area contributed by atoms with Gasteiger partial charge in [0.2, 0.25) is 10.0 Å². The summed E-state index contributed by atoms with van der Waals surface area (Å²) in [7, 11) is -3.57. The van der Waals surface area contributed by atoms with E-state index in [1.807, 2.05) is 0 Å². The van der Waals surface area contributed by atoms with Crippen molar-refractivity contribution in [2.45, 2.75) is 42.4 Å². The Morgan fingerprint density at radius 1 is 1.47 bits per heavy atom. The second-order valence-electron chi connectivity index (χ2n) is 5.29. The maximum Gasteiger partial charge on any atom is 0.250 e. The van der Waals surface area contributed by atoms with E-state index in [1.165, 1.54) is 6.07 Å². The Kier molecular flexibility index (Phi) is 4.57. The Hall–Kier alpha value is -0.140. The maximum atomic E-state index is 12.0. The topological polar surface area (TPSA) is 66.4 Å². The van der Waals surface area contributed by atoms with Gasteiger partial charge in [-0.25, -0.2) is 13.1 Å². The molecule has 0 radical (unpaired) electrons. The second-order valence-corrected chi connectivity index (χ2v) is 9.00. The number of aliphatic hydroxyl groups is 1. The summed E-state index contributed by atoms with van der Waals surface area (Å²) in [5.41, 5.74) is -0.916. The molecule has 1 aromatic heterocycles. The van der Waals surface area contributed by atoms with Gasteiger partial charge < -0.3 is 5.11 Å². The van der Waals surface area contributed by atoms with Crippen molar-refractivity contribution in [1.82, 2.24) is 4.72 Å². The van der Waals surface area contributed by atoms with Crippen LogP contribution in [-0.2, 0) is 10.0 Å². The fourth-order valence-corrected chi connectivity index (χ4v) is 4.87. The number of nitrogens with one attached hydrogen (secondary N) is 1. The lowest BCUT2D eigenvalue weighted by Gasteiger charge is -2.34. The van der Waals surface area contributed by atoms with Crippen LogP contribution in [0, 0.1) is 5.92 Å². The van der Waals surface area contributed by atoms with Crippen molar-refractivity contribution in [1.29, 1.82) is 0 Å². The van der Waals surface area contributed by atoms with Crippen LogP contribution in [0.2, 0.25) is 4.34 Å². The molecule has 1 aliphatic carbocycles. The average molecular weight is 324 g/mol. The SMILES string of the molecule is CC1CCC(O)(CNS(=O)(=O)c2ccc(Cl)s2)CC1. The molecular weight excluding hydrogens is 306 g/mol. The summed E-state index contributed by atoms with van der Waals surface area (Å²) < 4.78 is 27.2. The second kappa shape index (κ2) is 5.69. The number of hydrogen-bond acceptors (Lipinski definition) is 4. The van der Waals surface area contributed by atoms with Crippen LogP contribution in [0.1, 0.15) is 32.6 Å². The van der Waals surface area contributed by atoms with Gasteiger partial charge in [-0.3, -0.25) is 0 Å². The van der Waals surface area contributed by atoms with Gasteiger partial charge >= 0.3 is 0 Å². The van der Waals surface area contributed by atoms with Crippen LogP contribution < -0.4 is 4.72 Å². The van der Waals surface area contributed by atoms with Crippen molar-refractivity contribution in [3.63, 3.8) is 0 Å². The molecule has 108 valence electrons. The molecule has 0 aliphatic heterocycles. The molecule has 0 saturated heterocycles. The van der Waals surface area contributed by atoms with Crippen molar-refractivity contribution >= 4 is 33.0 Å². The molecule has 19 heavy (non-hydrogen) atoms. The zero-order valence-electron chi connectivity index (χ0n) is 10.7. The van der Waals surface area contributed by atoms with E-state index in [0.717, 1.165) is 24.2 Å². The third-order valence-corrected chi connectivity index (χ3v) is 6.73. The molecule has 0 bridgehead atoms. The molecule has 0 spiro atoms. The predicted molar refractivity (Wildman–Crippen MR) is 77.1 cm³/mol. The molecule has 0 amide bonds. The Balaban J connectivity index is 1.98. The zero-order chi connectivity index (χ0) is 14.1. The van der Waals surface area contributed by atoms with E-state index >= 15 is 0 Å². The highest BCUT2D eigenvalue weighted by molar-refractivity contribution is 7.91. The van der Waals surface area contributed by atoms with Gasteiger partial charge in [-0.05, 0) is 43.7 Å². The van der Waals surface area contributed by atoms with Gasteiger partial charge in [0, 0.05) is 6.54 Å². The highest BCUT2D eigenvalue weighted by atomic mass is 35.5. The van der Waals surface area contributed by atoms with Crippen molar-refractivity contribution in [3.05, 3.63) is 16.5 Å². The molecule has 4 nitrogen and oxygen atoms in total. The molecule has 0 aromatic carbocycles. The van der Waals surface area contributed by atoms with Crippen LogP contribution in [-0.4, -0.2) is 25.7 Å². The monoisotopic (exact) mass is 323 g/mol. The molecule has 0 unspecified atom stereocenters. The molecule has 2 N–H and O–H groups in total. The Morgan fingerprint density at radius 3 is 2.63 bits per heavy atom. The van der Waals surface area contributed by atoms with Gasteiger partial charge in [0.25, 0.3) is 0 Å². The molecule has 1 fully saturated rings. The first kappa shape index (κ1) is 15.3. The summed E-state index contributed by atoms with van der Waals surface area (Å²) in [5.74, 6) is 0.605. The normalized spacial score (nSPS) is 28.5. The smallest absolute Gasteiger partial charge is 0.250 e. The van der Waals surface area contributed by atoms with Gasteiger partial charge in [-0.2, -0.15) is 0 Å². The molecule has 1 heterocycles. The van der Waals surface area contributed by atoms with Crippen LogP contribution in [0.5, 0.6) is 0 Å². The van der Waals surface area contributed by atoms with Gasteiger partial charge in [0.05, 0.1) is 9.94 Å². The number of rotatable bonds is 4. The van der Waals surface area contributed by atoms with E-state index in [0.29, 0.717) is 23.1 Å². The molecule has 1 aliphatic rings. The fourth-order valence-electron chi connectivity index (χ4n) is 2.22. The number of thiophene rings is 1. The van der Waals surface area contributed by atoms with Crippen LogP contribution in [0.3, 0.4) is 0 Å². The first-order chi connectivity index (χ1) is 8.81. The van der Waals surface area contributed by atoms with Crippen molar-refractivity contribution < 1.29 is 13.5 Å². The lowest BCUT2D eigenvalue weighted by molar-refractivity contribution is -0.00181. The Morgan fingerprint density at radius 2 is 2.11 bits per heavy atom. The first-order valence-electron chi connectivity index (χ1n) is 6.28. The number of halogens is 1. The maximum absolute atomic E-state index is 12.0. The molecule has 1 saturated carbocycles. The van der Waals surface area contributed by atoms with Crippen LogP contribution in [0.4, 0.5) is 0 Å². The van der Waals surface area contributed by atoms with E-state index in [4.69, 9.17) is 11.6 Å². The van der Waals surface area contributed by atoms with E-state index in [2.05, 4.69) is 11.6 Å². The highest BCUT2D eigenvalue weighted by Gasteiger charge is 2.33. The van der Waals surface area contributed by atoms with Crippen LogP contribution >= 0.6 is 22.9 Å². The molecule has 0 atom stereocenters. The van der Waals surface area contributed by atoms with E-state index < -0.39 is 15.6 Å². The summed E-state index contributed by atoms with van der Waals surface area (Å²) >= 11 is 6.75. The van der Waals surface area contributed by atoms with Crippen LogP contribution in [0.15, 0.2) is 16.3 Å². The largest absolute Gasteiger partial charge is 0.389 e. The fraction of sp³-hybridized carbons (Fsp3) is 0.667. The lowest BCUT2D eigenvalue weighted by Crippen LogP contribution is -2.45. The Bertz CT molecular complexity index is 533. The van der Waals surface area contributed by atoms with E-state index in [1.54, 1.807) is 6.07 Å². The van der Waals surface area contributed by atoms with Crippen LogP contribution in [0.25, 0.3) is 0 Å². The first-order valence-corrected chi connectivity index (χ1v) is 8.96. The lowest BCUT2D eigenvalue weighted by atomic mass is 9.80. The molecule has 2 rings (SSSR count). The van der Waals surface area contributed by atoms with Gasteiger partial charge in [-0.1, -0.05) is 18.5 Å². The number of sulfonamides is 1. The van der Waals surface area contributed by atoms with E-state index in [-0.39, 0.29) is 10.8 Å². The third kappa shape index (κ3) is 3.92. The Labute approximate surface area is 122 Å². The molecule has 1 aromatic rings. The zero-order valence-corrected chi connectivity index (χ0v) is 13.1. The van der Waals surface area contributed by atoms with Gasteiger partial charge in [0.15, 0.2) is 0 Å². The summed E-state index contributed by atoms with van der Waals surface area (Å²) in [6.07, 6.45) is 3.15. The van der Waals surface area contributed by atoms with Crippen molar-refractivity contribution in [2.75, 3.05) is 6.54 Å². The summed E-state index contributed by atoms with van der Waals surface area (Å²) in [4.78, 5) is 0. The van der Waals surface area contributed by atoms with Gasteiger partial charge in [-0.15, -0.1) is 11.3 Å². The quantitative estimate of drug-likeness (QED) is 0.895. The summed E-state index contributed by atoms with van der Waals surface area (Å²) in [6, 6.07) is 3.03. The summed E-state index contributed by atoms with van der Waals surface area (Å²) in [6.45, 7) is 2.22.